The molecular weight excluding hydrogens is 216 g/mol. The average molecular weight is 232 g/mol. The predicted octanol–water partition coefficient (Wildman–Crippen LogP) is 1.09. The van der Waals surface area contributed by atoms with Gasteiger partial charge in [0.15, 0.2) is 5.69 Å². The summed E-state index contributed by atoms with van der Waals surface area (Å²) in [5.74, 6) is 0.837. The first-order valence-corrected chi connectivity index (χ1v) is 5.95. The number of rotatable bonds is 6. The molecule has 1 aliphatic carbocycles. The van der Waals surface area contributed by atoms with Gasteiger partial charge in [0, 0.05) is 19.2 Å². The van der Waals surface area contributed by atoms with Gasteiger partial charge in [-0.05, 0) is 25.7 Å². The first kappa shape index (κ1) is 11.8. The fraction of sp³-hybridized carbons (Fsp3) is 0.583. The van der Waals surface area contributed by atoms with Gasteiger partial charge in [0.1, 0.15) is 11.9 Å². The number of anilines is 1. The van der Waals surface area contributed by atoms with Gasteiger partial charge in [-0.2, -0.15) is 5.26 Å². The number of aliphatic hydroxyl groups excluding tert-OH is 1. The molecule has 5 nitrogen and oxygen atoms in total. The van der Waals surface area contributed by atoms with Gasteiger partial charge in [0.2, 0.25) is 0 Å². The second kappa shape index (κ2) is 5.60. The van der Waals surface area contributed by atoms with E-state index >= 15 is 0 Å². The number of aliphatic hydroxyl groups is 1. The van der Waals surface area contributed by atoms with Gasteiger partial charge in [-0.15, -0.1) is 0 Å². The number of nitrogens with zero attached hydrogens (tertiary/aromatic N) is 4. The van der Waals surface area contributed by atoms with Crippen LogP contribution in [0.3, 0.4) is 0 Å². The lowest BCUT2D eigenvalue weighted by atomic mass is 10.3. The maximum absolute atomic E-state index is 8.79. The van der Waals surface area contributed by atoms with Crippen molar-refractivity contribution in [2.24, 2.45) is 0 Å². The lowest BCUT2D eigenvalue weighted by molar-refractivity contribution is 0.285. The van der Waals surface area contributed by atoms with Crippen LogP contribution in [-0.2, 0) is 0 Å². The van der Waals surface area contributed by atoms with Gasteiger partial charge in [-0.25, -0.2) is 9.97 Å². The minimum absolute atomic E-state index is 0.234. The van der Waals surface area contributed by atoms with E-state index in [4.69, 9.17) is 10.4 Å². The molecule has 1 fully saturated rings. The fourth-order valence-electron chi connectivity index (χ4n) is 1.79. The van der Waals surface area contributed by atoms with Crippen LogP contribution in [0.4, 0.5) is 5.82 Å². The highest BCUT2D eigenvalue weighted by molar-refractivity contribution is 5.40. The maximum atomic E-state index is 8.79. The Morgan fingerprint density at radius 3 is 2.71 bits per heavy atom. The van der Waals surface area contributed by atoms with Crippen molar-refractivity contribution in [3.63, 3.8) is 0 Å². The standard InChI is InChI=1S/C12H16N4O/c13-7-10-8-15-12(9-14-10)16(11-3-4-11)5-1-2-6-17/h8-9,11,17H,1-6H2. The highest BCUT2D eigenvalue weighted by Crippen LogP contribution is 2.30. The van der Waals surface area contributed by atoms with Crippen LogP contribution in [0, 0.1) is 11.3 Å². The summed E-state index contributed by atoms with van der Waals surface area (Å²) in [6, 6.07) is 2.53. The Balaban J connectivity index is 2.01. The Morgan fingerprint density at radius 1 is 1.35 bits per heavy atom. The molecule has 1 aromatic rings. The van der Waals surface area contributed by atoms with E-state index in [0.717, 1.165) is 25.2 Å². The predicted molar refractivity (Wildman–Crippen MR) is 63.4 cm³/mol. The quantitative estimate of drug-likeness (QED) is 0.743. The van der Waals surface area contributed by atoms with E-state index < -0.39 is 0 Å². The molecule has 0 spiro atoms. The zero-order valence-electron chi connectivity index (χ0n) is 9.71. The minimum atomic E-state index is 0.234. The molecule has 0 amide bonds. The molecule has 1 N–H and O–H groups in total. The smallest absolute Gasteiger partial charge is 0.158 e. The highest BCUT2D eigenvalue weighted by atomic mass is 16.2. The number of nitriles is 1. The number of hydrogen-bond acceptors (Lipinski definition) is 5. The third-order valence-corrected chi connectivity index (χ3v) is 2.84. The van der Waals surface area contributed by atoms with Crippen molar-refractivity contribution < 1.29 is 5.11 Å². The van der Waals surface area contributed by atoms with Crippen LogP contribution in [0.15, 0.2) is 12.4 Å². The van der Waals surface area contributed by atoms with Crippen LogP contribution in [0.2, 0.25) is 0 Å². The van der Waals surface area contributed by atoms with Crippen molar-refractivity contribution in [3.8, 4) is 6.07 Å². The molecule has 1 saturated carbocycles. The van der Waals surface area contributed by atoms with E-state index in [2.05, 4.69) is 14.9 Å². The van der Waals surface area contributed by atoms with Gasteiger partial charge in [-0.3, -0.25) is 0 Å². The normalized spacial score (nSPS) is 14.4. The summed E-state index contributed by atoms with van der Waals surface area (Å²) in [6.45, 7) is 1.13. The molecule has 17 heavy (non-hydrogen) atoms. The SMILES string of the molecule is N#Cc1cnc(N(CCCCO)C2CC2)cn1. The third kappa shape index (κ3) is 3.14. The van der Waals surface area contributed by atoms with E-state index in [1.54, 1.807) is 6.20 Å². The van der Waals surface area contributed by atoms with Crippen LogP contribution in [-0.4, -0.2) is 34.3 Å². The van der Waals surface area contributed by atoms with Crippen LogP contribution in [0.25, 0.3) is 0 Å². The third-order valence-electron chi connectivity index (χ3n) is 2.84. The second-order valence-corrected chi connectivity index (χ2v) is 4.23. The number of unbranched alkanes of at least 4 members (excludes halogenated alkanes) is 1. The van der Waals surface area contributed by atoms with Crippen LogP contribution in [0.5, 0.6) is 0 Å². The van der Waals surface area contributed by atoms with Crippen molar-refractivity contribution in [2.75, 3.05) is 18.1 Å². The van der Waals surface area contributed by atoms with Crippen LogP contribution >= 0.6 is 0 Å². The summed E-state index contributed by atoms with van der Waals surface area (Å²) in [5, 5.41) is 17.5. The molecule has 0 bridgehead atoms. The van der Waals surface area contributed by atoms with E-state index in [9.17, 15) is 0 Å². The molecule has 0 unspecified atom stereocenters. The fourth-order valence-corrected chi connectivity index (χ4v) is 1.79. The topological polar surface area (TPSA) is 73.0 Å². The van der Waals surface area contributed by atoms with Gasteiger partial charge in [0.25, 0.3) is 0 Å². The molecule has 0 radical (unpaired) electrons. The van der Waals surface area contributed by atoms with E-state index in [0.29, 0.717) is 11.7 Å². The molecule has 0 saturated heterocycles. The first-order valence-electron chi connectivity index (χ1n) is 5.95. The van der Waals surface area contributed by atoms with Crippen LogP contribution < -0.4 is 4.90 Å². The molecule has 1 heterocycles. The monoisotopic (exact) mass is 232 g/mol. The summed E-state index contributed by atoms with van der Waals surface area (Å²) >= 11 is 0. The van der Waals surface area contributed by atoms with Crippen molar-refractivity contribution in [2.45, 2.75) is 31.7 Å². The summed E-state index contributed by atoms with van der Waals surface area (Å²) in [4.78, 5) is 10.5. The van der Waals surface area contributed by atoms with Gasteiger partial charge < -0.3 is 10.0 Å². The van der Waals surface area contributed by atoms with E-state index in [1.165, 1.54) is 19.0 Å². The van der Waals surface area contributed by atoms with Crippen molar-refractivity contribution in [1.29, 1.82) is 5.26 Å². The lowest BCUT2D eigenvalue weighted by Gasteiger charge is -2.22. The summed E-state index contributed by atoms with van der Waals surface area (Å²) < 4.78 is 0. The van der Waals surface area contributed by atoms with Gasteiger partial charge in [0.05, 0.1) is 12.4 Å². The van der Waals surface area contributed by atoms with E-state index in [-0.39, 0.29) is 6.61 Å². The second-order valence-electron chi connectivity index (χ2n) is 4.23. The molecule has 0 aromatic carbocycles. The Morgan fingerprint density at radius 2 is 2.18 bits per heavy atom. The summed E-state index contributed by atoms with van der Waals surface area (Å²) in [5.41, 5.74) is 0.347. The Bertz CT molecular complexity index is 394. The summed E-state index contributed by atoms with van der Waals surface area (Å²) in [6.07, 6.45) is 7.33. The Kier molecular flexibility index (Phi) is 3.89. The number of aromatic nitrogens is 2. The van der Waals surface area contributed by atoms with Crippen molar-refractivity contribution >= 4 is 5.82 Å². The Hall–Kier alpha value is -1.67. The number of hydrogen-bond donors (Lipinski definition) is 1. The molecule has 0 aliphatic heterocycles. The summed E-state index contributed by atoms with van der Waals surface area (Å²) in [7, 11) is 0. The molecule has 1 aromatic heterocycles. The minimum Gasteiger partial charge on any atom is -0.396 e. The highest BCUT2D eigenvalue weighted by Gasteiger charge is 2.29. The molecule has 90 valence electrons. The Labute approximate surface area is 101 Å². The molecule has 2 rings (SSSR count). The average Bonchev–Trinajstić information content (AvgIpc) is 3.19. The maximum Gasteiger partial charge on any atom is 0.158 e. The molecular formula is C12H16N4O. The zero-order chi connectivity index (χ0) is 12.1. The molecule has 1 aliphatic rings. The largest absolute Gasteiger partial charge is 0.396 e. The van der Waals surface area contributed by atoms with Crippen molar-refractivity contribution in [1.82, 2.24) is 9.97 Å². The zero-order valence-corrected chi connectivity index (χ0v) is 9.71. The van der Waals surface area contributed by atoms with Crippen LogP contribution in [0.1, 0.15) is 31.4 Å². The lowest BCUT2D eigenvalue weighted by Crippen LogP contribution is -2.28. The first-order chi connectivity index (χ1) is 8.35. The molecule has 5 heteroatoms. The van der Waals surface area contributed by atoms with E-state index in [1.807, 2.05) is 6.07 Å². The van der Waals surface area contributed by atoms with Crippen molar-refractivity contribution in [3.05, 3.63) is 18.1 Å². The molecule has 0 atom stereocenters. The van der Waals surface area contributed by atoms with Gasteiger partial charge in [-0.1, -0.05) is 0 Å². The van der Waals surface area contributed by atoms with Gasteiger partial charge >= 0.3 is 0 Å².